The van der Waals surface area contributed by atoms with Crippen molar-refractivity contribution in [2.45, 2.75) is 19.0 Å². The summed E-state index contributed by atoms with van der Waals surface area (Å²) in [4.78, 5) is 7.72. The van der Waals surface area contributed by atoms with Gasteiger partial charge in [0.15, 0.2) is 5.82 Å². The molecule has 6 heteroatoms. The number of aromatic amines is 1. The number of halogens is 2. The first kappa shape index (κ1) is 23.9. The highest BCUT2D eigenvalue weighted by atomic mass is 79.9. The monoisotopic (exact) mass is 610 g/mol. The molecule has 1 unspecified atom stereocenters. The fourth-order valence-electron chi connectivity index (χ4n) is 4.83. The zero-order valence-electron chi connectivity index (χ0n) is 20.0. The number of aromatic nitrogens is 2. The third kappa shape index (κ3) is 5.04. The number of fused-ring (bicyclic) bond motifs is 1. The van der Waals surface area contributed by atoms with E-state index >= 15 is 0 Å². The SMILES string of the molecule is Brc1ccc(C2=Nc3c(n[nH]c3-c3ccc(Br)cc3)N(Cc3ccccc3)C(c3ccccc3)C2)cc1. The predicted octanol–water partition coefficient (Wildman–Crippen LogP) is 8.87. The molecule has 0 aliphatic carbocycles. The van der Waals surface area contributed by atoms with Crippen LogP contribution in [0.25, 0.3) is 11.3 Å². The van der Waals surface area contributed by atoms with Crippen molar-refractivity contribution in [3.05, 3.63) is 135 Å². The largest absolute Gasteiger partial charge is 0.342 e. The molecule has 0 amide bonds. The van der Waals surface area contributed by atoms with Crippen molar-refractivity contribution in [2.24, 2.45) is 4.99 Å². The first-order valence-corrected chi connectivity index (χ1v) is 13.8. The average Bonchev–Trinajstić information content (AvgIpc) is 3.28. The number of hydrogen-bond acceptors (Lipinski definition) is 3. The molecule has 4 nitrogen and oxygen atoms in total. The van der Waals surface area contributed by atoms with E-state index in [2.05, 4.69) is 139 Å². The van der Waals surface area contributed by atoms with E-state index in [4.69, 9.17) is 10.1 Å². The highest BCUT2D eigenvalue weighted by molar-refractivity contribution is 9.10. The van der Waals surface area contributed by atoms with Crippen molar-refractivity contribution in [1.29, 1.82) is 0 Å². The molecule has 0 saturated carbocycles. The van der Waals surface area contributed by atoms with Crippen LogP contribution in [-0.4, -0.2) is 15.9 Å². The second-order valence-electron chi connectivity index (χ2n) is 9.09. The Balaban J connectivity index is 1.55. The van der Waals surface area contributed by atoms with E-state index in [9.17, 15) is 0 Å². The number of hydrogen-bond donors (Lipinski definition) is 1. The molecule has 0 bridgehead atoms. The lowest BCUT2D eigenvalue weighted by molar-refractivity contribution is 0.633. The van der Waals surface area contributed by atoms with E-state index < -0.39 is 0 Å². The third-order valence-corrected chi connectivity index (χ3v) is 7.75. The lowest BCUT2D eigenvalue weighted by Crippen LogP contribution is -2.29. The standard InChI is InChI=1S/C31H24Br2N4/c32-25-15-11-22(12-16-25)27-19-28(23-9-5-2-6-10-23)37(20-21-7-3-1-4-8-21)31-30(34-27)29(35-36-31)24-13-17-26(33)18-14-24/h1-18,28H,19-20H2,(H,35,36). The molecule has 5 aromatic rings. The molecule has 6 rings (SSSR count). The molecule has 0 saturated heterocycles. The molecular weight excluding hydrogens is 588 g/mol. The lowest BCUT2D eigenvalue weighted by Gasteiger charge is -2.31. The normalized spacial score (nSPS) is 15.1. The van der Waals surface area contributed by atoms with E-state index in [1.807, 2.05) is 12.1 Å². The van der Waals surface area contributed by atoms with Gasteiger partial charge in [0.05, 0.1) is 17.4 Å². The molecule has 1 aliphatic heterocycles. The quantitative estimate of drug-likeness (QED) is 0.216. The zero-order valence-corrected chi connectivity index (χ0v) is 23.2. The highest BCUT2D eigenvalue weighted by Crippen LogP contribution is 2.45. The van der Waals surface area contributed by atoms with Crippen LogP contribution in [0.3, 0.4) is 0 Å². The van der Waals surface area contributed by atoms with Crippen LogP contribution in [0.2, 0.25) is 0 Å². The van der Waals surface area contributed by atoms with Crippen LogP contribution in [0.15, 0.2) is 123 Å². The second-order valence-corrected chi connectivity index (χ2v) is 10.9. The first-order chi connectivity index (χ1) is 18.2. The van der Waals surface area contributed by atoms with Gasteiger partial charge in [-0.2, -0.15) is 5.10 Å². The van der Waals surface area contributed by atoms with E-state index in [0.29, 0.717) is 0 Å². The number of H-pyrrole nitrogens is 1. The van der Waals surface area contributed by atoms with Crippen LogP contribution >= 0.6 is 31.9 Å². The van der Waals surface area contributed by atoms with Gasteiger partial charge in [0.25, 0.3) is 0 Å². The van der Waals surface area contributed by atoms with Gasteiger partial charge >= 0.3 is 0 Å². The Morgan fingerprint density at radius 2 is 1.32 bits per heavy atom. The molecule has 1 aliphatic rings. The number of anilines is 1. The van der Waals surface area contributed by atoms with Crippen molar-refractivity contribution in [3.63, 3.8) is 0 Å². The summed E-state index contributed by atoms with van der Waals surface area (Å²) in [6.45, 7) is 0.723. The van der Waals surface area contributed by atoms with Gasteiger partial charge in [0, 0.05) is 27.5 Å². The van der Waals surface area contributed by atoms with Crippen LogP contribution in [0.4, 0.5) is 11.5 Å². The maximum Gasteiger partial charge on any atom is 0.177 e. The summed E-state index contributed by atoms with van der Waals surface area (Å²) in [6, 6.07) is 38.0. The summed E-state index contributed by atoms with van der Waals surface area (Å²) in [6.07, 6.45) is 0.759. The molecule has 1 N–H and O–H groups in total. The number of aliphatic imine (C=N–C) groups is 1. The van der Waals surface area contributed by atoms with Crippen molar-refractivity contribution in [1.82, 2.24) is 10.2 Å². The highest BCUT2D eigenvalue weighted by Gasteiger charge is 2.32. The molecule has 0 radical (unpaired) electrons. The van der Waals surface area contributed by atoms with Gasteiger partial charge in [-0.1, -0.05) is 117 Å². The van der Waals surface area contributed by atoms with Gasteiger partial charge in [-0.05, 0) is 41.0 Å². The second kappa shape index (κ2) is 10.5. The maximum absolute atomic E-state index is 5.32. The van der Waals surface area contributed by atoms with E-state index in [0.717, 1.165) is 55.9 Å². The Bertz CT molecular complexity index is 1530. The summed E-state index contributed by atoms with van der Waals surface area (Å²) < 4.78 is 2.09. The van der Waals surface area contributed by atoms with Gasteiger partial charge in [0.1, 0.15) is 5.69 Å². The van der Waals surface area contributed by atoms with Gasteiger partial charge in [0.2, 0.25) is 0 Å². The summed E-state index contributed by atoms with van der Waals surface area (Å²) >= 11 is 7.14. The van der Waals surface area contributed by atoms with Crippen LogP contribution < -0.4 is 4.90 Å². The minimum absolute atomic E-state index is 0.0612. The minimum Gasteiger partial charge on any atom is -0.342 e. The Kier molecular flexibility index (Phi) is 6.77. The summed E-state index contributed by atoms with van der Waals surface area (Å²) in [5, 5.41) is 8.21. The molecule has 2 heterocycles. The zero-order chi connectivity index (χ0) is 25.2. The van der Waals surface area contributed by atoms with Gasteiger partial charge in [-0.25, -0.2) is 4.99 Å². The van der Waals surface area contributed by atoms with Crippen LogP contribution in [0.5, 0.6) is 0 Å². The topological polar surface area (TPSA) is 44.3 Å². The maximum atomic E-state index is 5.32. The number of rotatable bonds is 5. The average molecular weight is 612 g/mol. The van der Waals surface area contributed by atoms with E-state index in [1.54, 1.807) is 0 Å². The summed E-state index contributed by atoms with van der Waals surface area (Å²) in [5.41, 5.74) is 7.46. The van der Waals surface area contributed by atoms with E-state index in [-0.39, 0.29) is 6.04 Å². The predicted molar refractivity (Wildman–Crippen MR) is 158 cm³/mol. The number of nitrogens with one attached hydrogen (secondary N) is 1. The summed E-state index contributed by atoms with van der Waals surface area (Å²) in [7, 11) is 0. The van der Waals surface area contributed by atoms with Gasteiger partial charge in [-0.3, -0.25) is 5.10 Å². The van der Waals surface area contributed by atoms with Gasteiger partial charge in [-0.15, -0.1) is 0 Å². The molecular formula is C31H24Br2N4. The molecule has 4 aromatic carbocycles. The van der Waals surface area contributed by atoms with Crippen molar-refractivity contribution in [3.8, 4) is 11.3 Å². The van der Waals surface area contributed by atoms with Crippen molar-refractivity contribution in [2.75, 3.05) is 4.90 Å². The Hall–Kier alpha value is -3.48. The molecule has 1 aromatic heterocycles. The van der Waals surface area contributed by atoms with Crippen LogP contribution in [0, 0.1) is 0 Å². The molecule has 1 atom stereocenters. The smallest absolute Gasteiger partial charge is 0.177 e. The molecule has 37 heavy (non-hydrogen) atoms. The number of nitrogens with zero attached hydrogens (tertiary/aromatic N) is 3. The Morgan fingerprint density at radius 3 is 1.97 bits per heavy atom. The minimum atomic E-state index is 0.0612. The fraction of sp³-hybridized carbons (Fsp3) is 0.0968. The van der Waals surface area contributed by atoms with Crippen LogP contribution in [0.1, 0.15) is 29.2 Å². The van der Waals surface area contributed by atoms with Gasteiger partial charge < -0.3 is 4.90 Å². The van der Waals surface area contributed by atoms with Crippen molar-refractivity contribution >= 4 is 49.1 Å². The Morgan fingerprint density at radius 1 is 0.730 bits per heavy atom. The number of benzene rings is 4. The lowest BCUT2D eigenvalue weighted by atomic mass is 9.96. The molecule has 182 valence electrons. The van der Waals surface area contributed by atoms with Crippen LogP contribution in [-0.2, 0) is 6.54 Å². The first-order valence-electron chi connectivity index (χ1n) is 12.2. The molecule has 0 fully saturated rings. The fourth-order valence-corrected chi connectivity index (χ4v) is 5.36. The molecule has 0 spiro atoms. The summed E-state index contributed by atoms with van der Waals surface area (Å²) in [5.74, 6) is 0.864. The Labute approximate surface area is 233 Å². The van der Waals surface area contributed by atoms with Crippen molar-refractivity contribution < 1.29 is 0 Å². The van der Waals surface area contributed by atoms with E-state index in [1.165, 1.54) is 11.1 Å². The third-order valence-electron chi connectivity index (χ3n) is 6.69.